The summed E-state index contributed by atoms with van der Waals surface area (Å²) in [6.45, 7) is 1.59. The van der Waals surface area contributed by atoms with Crippen LogP contribution in [0.4, 0.5) is 17.6 Å². The summed E-state index contributed by atoms with van der Waals surface area (Å²) in [6.07, 6.45) is -2.94. The molecule has 0 amide bonds. The lowest BCUT2D eigenvalue weighted by Gasteiger charge is -2.28. The Hall–Kier alpha value is -1.14. The molecular weight excluding hydrogens is 264 g/mol. The fourth-order valence-corrected chi connectivity index (χ4v) is 2.44. The minimum atomic E-state index is -1.62. The Balaban J connectivity index is 0.00000162. The third-order valence-corrected chi connectivity index (χ3v) is 3.32. The van der Waals surface area contributed by atoms with Gasteiger partial charge in [0, 0.05) is 5.56 Å². The number of benzene rings is 1. The lowest BCUT2D eigenvalue weighted by atomic mass is 9.81. The molecule has 1 radical (unpaired) electrons. The zero-order valence-electron chi connectivity index (χ0n) is 10.5. The van der Waals surface area contributed by atoms with Gasteiger partial charge in [-0.1, -0.05) is 0 Å². The number of halogens is 4. The van der Waals surface area contributed by atoms with Crippen LogP contribution in [0.3, 0.4) is 0 Å². The van der Waals surface area contributed by atoms with E-state index in [4.69, 9.17) is 0 Å². The molecule has 1 aromatic rings. The number of aryl methyl sites for hydroxylation is 1. The molecule has 2 rings (SSSR count). The average molecular weight is 281 g/mol. The minimum Gasteiger partial charge on any atom is -0.412 e. The highest BCUT2D eigenvalue weighted by Crippen LogP contribution is 2.38. The van der Waals surface area contributed by atoms with E-state index in [1.165, 1.54) is 12.1 Å². The standard InChI is InChI=1S/C13H14F4.H2O.HO/c1-7-4-11(16)13(12(17)5-7)8-2-3-9(14)10(15)6-8;;/h4-5,8-10H,2-3,6H2,1H3;1H2;1H. The second-order valence-electron chi connectivity index (χ2n) is 4.68. The molecule has 1 aliphatic carbocycles. The van der Waals surface area contributed by atoms with E-state index in [2.05, 4.69) is 0 Å². The molecule has 0 aromatic heterocycles. The summed E-state index contributed by atoms with van der Waals surface area (Å²) < 4.78 is 53.5. The highest BCUT2D eigenvalue weighted by molar-refractivity contribution is 5.29. The normalized spacial score (nSPS) is 26.3. The topological polar surface area (TPSA) is 61.5 Å². The second-order valence-corrected chi connectivity index (χ2v) is 4.68. The van der Waals surface area contributed by atoms with Gasteiger partial charge in [-0.3, -0.25) is 5.48 Å². The van der Waals surface area contributed by atoms with Crippen LogP contribution in [-0.2, 0) is 0 Å². The number of hydrogen-bond donors (Lipinski definition) is 1. The third kappa shape index (κ3) is 3.67. The van der Waals surface area contributed by atoms with E-state index < -0.39 is 29.9 Å². The third-order valence-electron chi connectivity index (χ3n) is 3.32. The first kappa shape index (κ1) is 17.9. The molecule has 0 heterocycles. The van der Waals surface area contributed by atoms with Crippen molar-refractivity contribution in [1.82, 2.24) is 0 Å². The van der Waals surface area contributed by atoms with Gasteiger partial charge in [0.2, 0.25) is 0 Å². The average Bonchev–Trinajstić information content (AvgIpc) is 2.21. The molecule has 0 saturated heterocycles. The molecule has 0 aliphatic heterocycles. The predicted octanol–water partition coefficient (Wildman–Crippen LogP) is 3.22. The Morgan fingerprint density at radius 3 is 2.00 bits per heavy atom. The highest BCUT2D eigenvalue weighted by atomic mass is 19.2. The van der Waals surface area contributed by atoms with Crippen molar-refractivity contribution in [2.75, 3.05) is 0 Å². The smallest absolute Gasteiger partial charge is 0.132 e. The Bertz CT molecular complexity index is 402. The van der Waals surface area contributed by atoms with Crippen LogP contribution in [0.1, 0.15) is 36.3 Å². The molecule has 1 aliphatic rings. The summed E-state index contributed by atoms with van der Waals surface area (Å²) in [7, 11) is 0. The van der Waals surface area contributed by atoms with Gasteiger partial charge in [0.15, 0.2) is 0 Å². The van der Waals surface area contributed by atoms with Crippen molar-refractivity contribution in [3.05, 3.63) is 34.9 Å². The Morgan fingerprint density at radius 2 is 1.53 bits per heavy atom. The molecule has 19 heavy (non-hydrogen) atoms. The summed E-state index contributed by atoms with van der Waals surface area (Å²) >= 11 is 0. The van der Waals surface area contributed by atoms with Crippen molar-refractivity contribution >= 4 is 0 Å². The number of hydrogen-bond acceptors (Lipinski definition) is 0. The van der Waals surface area contributed by atoms with Crippen LogP contribution in [0.5, 0.6) is 0 Å². The lowest BCUT2D eigenvalue weighted by Crippen LogP contribution is -2.27. The second kappa shape index (κ2) is 6.86. The van der Waals surface area contributed by atoms with E-state index in [1.807, 2.05) is 0 Å². The monoisotopic (exact) mass is 281 g/mol. The zero-order chi connectivity index (χ0) is 12.6. The van der Waals surface area contributed by atoms with Crippen molar-refractivity contribution in [3.8, 4) is 0 Å². The molecule has 3 atom stereocenters. The minimum absolute atomic E-state index is 0. The van der Waals surface area contributed by atoms with Gasteiger partial charge in [-0.15, -0.1) is 0 Å². The maximum absolute atomic E-state index is 13.7. The van der Waals surface area contributed by atoms with Crippen molar-refractivity contribution in [1.29, 1.82) is 0 Å². The summed E-state index contributed by atoms with van der Waals surface area (Å²) in [5.74, 6) is -1.87. The van der Waals surface area contributed by atoms with Crippen molar-refractivity contribution < 1.29 is 28.5 Å². The van der Waals surface area contributed by atoms with Gasteiger partial charge in [0.05, 0.1) is 0 Å². The SMILES string of the molecule is Cc1cc(F)c(C2CCC(F)C(F)C2)c(F)c1.O.[OH]. The van der Waals surface area contributed by atoms with E-state index in [9.17, 15) is 17.6 Å². The molecule has 6 heteroatoms. The maximum atomic E-state index is 13.7. The van der Waals surface area contributed by atoms with E-state index in [-0.39, 0.29) is 29.4 Å². The number of alkyl halides is 2. The van der Waals surface area contributed by atoms with Gasteiger partial charge in [0.25, 0.3) is 0 Å². The van der Waals surface area contributed by atoms with Crippen LogP contribution in [-0.4, -0.2) is 23.3 Å². The summed E-state index contributed by atoms with van der Waals surface area (Å²) in [5.41, 5.74) is 0.393. The van der Waals surface area contributed by atoms with Crippen molar-refractivity contribution in [2.24, 2.45) is 0 Å². The molecule has 3 unspecified atom stereocenters. The number of rotatable bonds is 1. The van der Waals surface area contributed by atoms with Crippen molar-refractivity contribution in [2.45, 2.75) is 44.4 Å². The molecule has 1 saturated carbocycles. The van der Waals surface area contributed by atoms with Crippen LogP contribution in [0.2, 0.25) is 0 Å². The van der Waals surface area contributed by atoms with E-state index in [0.717, 1.165) is 0 Å². The molecule has 1 fully saturated rings. The molecule has 1 aromatic carbocycles. The van der Waals surface area contributed by atoms with E-state index in [1.54, 1.807) is 6.92 Å². The first-order valence-corrected chi connectivity index (χ1v) is 5.72. The predicted molar refractivity (Wildman–Crippen MR) is 63.0 cm³/mol. The fourth-order valence-electron chi connectivity index (χ4n) is 2.44. The largest absolute Gasteiger partial charge is 0.412 e. The molecule has 109 valence electrons. The molecular formula is C13H17F4O2. The first-order chi connectivity index (χ1) is 7.99. The van der Waals surface area contributed by atoms with Gasteiger partial charge in [0.1, 0.15) is 24.0 Å². The molecule has 0 spiro atoms. The van der Waals surface area contributed by atoms with Crippen LogP contribution in [0, 0.1) is 18.6 Å². The fraction of sp³-hybridized carbons (Fsp3) is 0.538. The maximum Gasteiger partial charge on any atom is 0.132 e. The van der Waals surface area contributed by atoms with E-state index in [0.29, 0.717) is 12.0 Å². The van der Waals surface area contributed by atoms with Gasteiger partial charge >= 0.3 is 0 Å². The van der Waals surface area contributed by atoms with Crippen LogP contribution >= 0.6 is 0 Å². The Labute approximate surface area is 109 Å². The van der Waals surface area contributed by atoms with Gasteiger partial charge in [-0.05, 0) is 49.8 Å². The van der Waals surface area contributed by atoms with Crippen molar-refractivity contribution in [3.63, 3.8) is 0 Å². The summed E-state index contributed by atoms with van der Waals surface area (Å²) in [6, 6.07) is 2.46. The van der Waals surface area contributed by atoms with Crippen LogP contribution in [0.15, 0.2) is 12.1 Å². The molecule has 0 bridgehead atoms. The lowest BCUT2D eigenvalue weighted by molar-refractivity contribution is 0.107. The quantitative estimate of drug-likeness (QED) is 0.768. The van der Waals surface area contributed by atoms with Gasteiger partial charge < -0.3 is 5.48 Å². The zero-order valence-corrected chi connectivity index (χ0v) is 10.5. The van der Waals surface area contributed by atoms with Gasteiger partial charge in [-0.2, -0.15) is 0 Å². The highest BCUT2D eigenvalue weighted by Gasteiger charge is 2.33. The van der Waals surface area contributed by atoms with E-state index >= 15 is 0 Å². The van der Waals surface area contributed by atoms with Crippen LogP contribution in [0.25, 0.3) is 0 Å². The first-order valence-electron chi connectivity index (χ1n) is 5.72. The summed E-state index contributed by atoms with van der Waals surface area (Å²) in [4.78, 5) is 0. The summed E-state index contributed by atoms with van der Waals surface area (Å²) in [5, 5.41) is 0. The Morgan fingerprint density at radius 1 is 1.00 bits per heavy atom. The van der Waals surface area contributed by atoms with Crippen LogP contribution < -0.4 is 0 Å². The Kier molecular flexibility index (Phi) is 6.45. The van der Waals surface area contributed by atoms with Gasteiger partial charge in [-0.25, -0.2) is 17.6 Å². The molecule has 2 nitrogen and oxygen atoms in total. The molecule has 3 N–H and O–H groups in total.